The fourth-order valence-electron chi connectivity index (χ4n) is 4.26. The van der Waals surface area contributed by atoms with Crippen LogP contribution >= 0.6 is 0 Å². The zero-order valence-corrected chi connectivity index (χ0v) is 18.3. The van der Waals surface area contributed by atoms with E-state index in [0.717, 1.165) is 16.7 Å². The van der Waals surface area contributed by atoms with E-state index < -0.39 is 6.04 Å². The van der Waals surface area contributed by atoms with Crippen LogP contribution in [-0.2, 0) is 29.0 Å². The summed E-state index contributed by atoms with van der Waals surface area (Å²) in [5, 5.41) is 2.85. The molecule has 0 aliphatic carbocycles. The molecule has 0 saturated carbocycles. The number of imide groups is 1. The van der Waals surface area contributed by atoms with Crippen molar-refractivity contribution >= 4 is 17.8 Å². The number of benzene rings is 2. The Labute approximate surface area is 187 Å². The van der Waals surface area contributed by atoms with Crippen molar-refractivity contribution in [3.8, 4) is 11.5 Å². The standard InChI is InChI=1S/C24H27N3O5/c1-31-20-8-7-16(13-21(20)32-2)9-11-25-22(28)10-12-26-23(29)19-14-17-5-3-4-6-18(17)15-27(19)24(26)30/h3-8,13,19H,9-12,14-15H2,1-2H3,(H,25,28)/t19-/m0/s1. The number of rotatable bonds is 8. The predicted octanol–water partition coefficient (Wildman–Crippen LogP) is 2.14. The highest BCUT2D eigenvalue weighted by Gasteiger charge is 2.46. The molecular weight excluding hydrogens is 410 g/mol. The van der Waals surface area contributed by atoms with E-state index in [-0.39, 0.29) is 30.8 Å². The number of nitrogens with one attached hydrogen (secondary N) is 1. The molecule has 2 aliphatic rings. The molecule has 4 rings (SSSR count). The summed E-state index contributed by atoms with van der Waals surface area (Å²) in [6.45, 7) is 0.961. The molecule has 1 atom stereocenters. The van der Waals surface area contributed by atoms with Crippen LogP contribution in [0.2, 0.25) is 0 Å². The van der Waals surface area contributed by atoms with Gasteiger partial charge in [-0.3, -0.25) is 14.5 Å². The summed E-state index contributed by atoms with van der Waals surface area (Å²) in [6, 6.07) is 12.7. The normalized spacial score (nSPS) is 17.1. The molecule has 168 valence electrons. The lowest BCUT2D eigenvalue weighted by Gasteiger charge is -2.28. The van der Waals surface area contributed by atoms with Gasteiger partial charge >= 0.3 is 6.03 Å². The highest BCUT2D eigenvalue weighted by Crippen LogP contribution is 2.30. The van der Waals surface area contributed by atoms with Crippen LogP contribution in [0.5, 0.6) is 11.5 Å². The monoisotopic (exact) mass is 437 g/mol. The van der Waals surface area contributed by atoms with E-state index in [9.17, 15) is 14.4 Å². The first-order valence-corrected chi connectivity index (χ1v) is 10.7. The molecule has 1 fully saturated rings. The molecule has 4 amide bonds. The largest absolute Gasteiger partial charge is 0.493 e. The molecule has 0 radical (unpaired) electrons. The third kappa shape index (κ3) is 4.26. The van der Waals surface area contributed by atoms with Crippen molar-refractivity contribution in [2.75, 3.05) is 27.3 Å². The van der Waals surface area contributed by atoms with Gasteiger partial charge in [-0.05, 0) is 35.2 Å². The van der Waals surface area contributed by atoms with Gasteiger partial charge in [0.2, 0.25) is 5.91 Å². The molecule has 1 saturated heterocycles. The maximum absolute atomic E-state index is 12.8. The molecule has 2 aliphatic heterocycles. The molecule has 0 spiro atoms. The Morgan fingerprint density at radius 1 is 1.06 bits per heavy atom. The molecule has 0 bridgehead atoms. The lowest BCUT2D eigenvalue weighted by Crippen LogP contribution is -2.40. The number of methoxy groups -OCH3 is 2. The van der Waals surface area contributed by atoms with Crippen molar-refractivity contribution < 1.29 is 23.9 Å². The number of hydrogen-bond donors (Lipinski definition) is 1. The topological polar surface area (TPSA) is 88.2 Å². The molecular formula is C24H27N3O5. The van der Waals surface area contributed by atoms with Gasteiger partial charge in [-0.25, -0.2) is 4.79 Å². The maximum atomic E-state index is 12.8. The van der Waals surface area contributed by atoms with E-state index in [1.165, 1.54) is 4.90 Å². The van der Waals surface area contributed by atoms with E-state index in [2.05, 4.69) is 5.32 Å². The summed E-state index contributed by atoms with van der Waals surface area (Å²) in [5.41, 5.74) is 3.17. The van der Waals surface area contributed by atoms with Gasteiger partial charge in [0.05, 0.1) is 14.2 Å². The highest BCUT2D eigenvalue weighted by atomic mass is 16.5. The molecule has 32 heavy (non-hydrogen) atoms. The maximum Gasteiger partial charge on any atom is 0.327 e. The summed E-state index contributed by atoms with van der Waals surface area (Å²) in [5.74, 6) is 0.877. The Balaban J connectivity index is 1.27. The van der Waals surface area contributed by atoms with Crippen molar-refractivity contribution in [3.05, 3.63) is 59.2 Å². The summed E-state index contributed by atoms with van der Waals surface area (Å²) >= 11 is 0. The Kier molecular flexibility index (Phi) is 6.30. The van der Waals surface area contributed by atoms with Crippen molar-refractivity contribution in [3.63, 3.8) is 0 Å². The number of fused-ring (bicyclic) bond motifs is 2. The molecule has 2 heterocycles. The average molecular weight is 437 g/mol. The first kappa shape index (κ1) is 21.7. The number of ether oxygens (including phenoxy) is 2. The lowest BCUT2D eigenvalue weighted by molar-refractivity contribution is -0.129. The number of carbonyl (C=O) groups is 3. The van der Waals surface area contributed by atoms with E-state index in [4.69, 9.17) is 9.47 Å². The first-order chi connectivity index (χ1) is 15.5. The van der Waals surface area contributed by atoms with Gasteiger partial charge in [0, 0.05) is 32.5 Å². The fraction of sp³-hybridized carbons (Fsp3) is 0.375. The number of carbonyl (C=O) groups excluding carboxylic acids is 3. The second kappa shape index (κ2) is 9.30. The highest BCUT2D eigenvalue weighted by molar-refractivity contribution is 6.04. The van der Waals surface area contributed by atoms with Crippen molar-refractivity contribution in [1.29, 1.82) is 0 Å². The van der Waals surface area contributed by atoms with Crippen LogP contribution in [0.4, 0.5) is 4.79 Å². The fourth-order valence-corrected chi connectivity index (χ4v) is 4.26. The number of amides is 4. The lowest BCUT2D eigenvalue weighted by atomic mass is 9.95. The Morgan fingerprint density at radius 2 is 1.81 bits per heavy atom. The van der Waals surface area contributed by atoms with Crippen molar-refractivity contribution in [1.82, 2.24) is 15.1 Å². The molecule has 0 aromatic heterocycles. The van der Waals surface area contributed by atoms with Crippen LogP contribution in [-0.4, -0.2) is 61.0 Å². The number of urea groups is 1. The number of hydrogen-bond acceptors (Lipinski definition) is 5. The third-order valence-corrected chi connectivity index (χ3v) is 6.02. The Morgan fingerprint density at radius 3 is 2.56 bits per heavy atom. The van der Waals surface area contributed by atoms with Crippen molar-refractivity contribution in [2.24, 2.45) is 0 Å². The van der Waals surface area contributed by atoms with Crippen LogP contribution < -0.4 is 14.8 Å². The zero-order chi connectivity index (χ0) is 22.7. The molecule has 8 heteroatoms. The predicted molar refractivity (Wildman–Crippen MR) is 117 cm³/mol. The second-order valence-corrected chi connectivity index (χ2v) is 7.93. The number of nitrogens with zero attached hydrogens (tertiary/aromatic N) is 2. The van der Waals surface area contributed by atoms with Gasteiger partial charge in [-0.15, -0.1) is 0 Å². The van der Waals surface area contributed by atoms with E-state index in [1.807, 2.05) is 42.5 Å². The van der Waals surface area contributed by atoms with Gasteiger partial charge < -0.3 is 19.7 Å². The average Bonchev–Trinajstić information content (AvgIpc) is 3.05. The minimum atomic E-state index is -0.467. The van der Waals surface area contributed by atoms with Gasteiger partial charge in [-0.2, -0.15) is 0 Å². The van der Waals surface area contributed by atoms with Crippen LogP contribution in [0, 0.1) is 0 Å². The quantitative estimate of drug-likeness (QED) is 0.640. The third-order valence-electron chi connectivity index (χ3n) is 6.02. The van der Waals surface area contributed by atoms with Crippen LogP contribution in [0.3, 0.4) is 0 Å². The minimum absolute atomic E-state index is 0.0803. The van der Waals surface area contributed by atoms with E-state index in [0.29, 0.717) is 37.4 Å². The summed E-state index contributed by atoms with van der Waals surface area (Å²) < 4.78 is 10.5. The molecule has 8 nitrogen and oxygen atoms in total. The molecule has 1 N–H and O–H groups in total. The molecule has 0 unspecified atom stereocenters. The van der Waals surface area contributed by atoms with E-state index in [1.54, 1.807) is 19.1 Å². The van der Waals surface area contributed by atoms with Crippen LogP contribution in [0.15, 0.2) is 42.5 Å². The van der Waals surface area contributed by atoms with Crippen molar-refractivity contribution in [2.45, 2.75) is 31.8 Å². The second-order valence-electron chi connectivity index (χ2n) is 7.93. The van der Waals surface area contributed by atoms with Gasteiger partial charge in [0.15, 0.2) is 11.5 Å². The SMILES string of the molecule is COc1ccc(CCNC(=O)CCN2C(=O)[C@@H]3Cc4ccccc4CN3C2=O)cc1OC. The Bertz CT molecular complexity index is 995. The van der Waals surface area contributed by atoms with Gasteiger partial charge in [0.1, 0.15) is 6.04 Å². The van der Waals surface area contributed by atoms with Crippen LogP contribution in [0.1, 0.15) is 23.1 Å². The Hall–Kier alpha value is -3.55. The first-order valence-electron chi connectivity index (χ1n) is 10.7. The summed E-state index contributed by atoms with van der Waals surface area (Å²) in [7, 11) is 3.16. The van der Waals surface area contributed by atoms with Crippen LogP contribution in [0.25, 0.3) is 0 Å². The van der Waals surface area contributed by atoms with Gasteiger partial charge in [0.25, 0.3) is 5.91 Å². The summed E-state index contributed by atoms with van der Waals surface area (Å²) in [4.78, 5) is 40.7. The minimum Gasteiger partial charge on any atom is -0.493 e. The molecule has 2 aromatic rings. The summed E-state index contributed by atoms with van der Waals surface area (Å²) in [6.07, 6.45) is 1.23. The zero-order valence-electron chi connectivity index (χ0n) is 18.3. The van der Waals surface area contributed by atoms with Gasteiger partial charge in [-0.1, -0.05) is 30.3 Å². The molecule has 2 aromatic carbocycles. The van der Waals surface area contributed by atoms with E-state index >= 15 is 0 Å². The smallest absolute Gasteiger partial charge is 0.327 e.